The Morgan fingerprint density at radius 3 is 2.64 bits per heavy atom. The first-order chi connectivity index (χ1) is 10.7. The molecule has 1 aliphatic rings. The van der Waals surface area contributed by atoms with Gasteiger partial charge in [0.2, 0.25) is 5.91 Å². The van der Waals surface area contributed by atoms with Gasteiger partial charge >= 0.3 is 0 Å². The van der Waals surface area contributed by atoms with Crippen LogP contribution >= 0.6 is 0 Å². The summed E-state index contributed by atoms with van der Waals surface area (Å²) in [4.78, 5) is 26.3. The van der Waals surface area contributed by atoms with Crippen molar-refractivity contribution in [2.24, 2.45) is 7.05 Å². The third kappa shape index (κ3) is 2.86. The summed E-state index contributed by atoms with van der Waals surface area (Å²) in [5, 5.41) is 2.72. The zero-order chi connectivity index (χ0) is 15.5. The number of hydrogen-bond donors (Lipinski definition) is 1. The van der Waals surface area contributed by atoms with Crippen LogP contribution in [0, 0.1) is 0 Å². The molecule has 1 saturated heterocycles. The fraction of sp³-hybridized carbons (Fsp3) is 0.500. The smallest absolute Gasteiger partial charge is 0.268 e. The first kappa shape index (κ1) is 14.7. The van der Waals surface area contributed by atoms with Crippen LogP contribution in [0.3, 0.4) is 0 Å². The minimum absolute atomic E-state index is 0.00635. The van der Waals surface area contributed by atoms with E-state index in [1.807, 2.05) is 18.0 Å². The molecule has 0 unspecified atom stereocenters. The molecule has 0 saturated carbocycles. The molecule has 6 heteroatoms. The summed E-state index contributed by atoms with van der Waals surface area (Å²) in [5.41, 5.74) is 2.04. The number of aromatic nitrogens is 1. The highest BCUT2D eigenvalue weighted by atomic mass is 16.3. The van der Waals surface area contributed by atoms with Gasteiger partial charge in [-0.3, -0.25) is 9.59 Å². The summed E-state index contributed by atoms with van der Waals surface area (Å²) in [7, 11) is 1.81. The van der Waals surface area contributed by atoms with Crippen LogP contribution in [-0.4, -0.2) is 40.9 Å². The molecule has 0 radical (unpaired) electrons. The van der Waals surface area contributed by atoms with Gasteiger partial charge in [0.25, 0.3) is 5.91 Å². The molecule has 3 heterocycles. The lowest BCUT2D eigenvalue weighted by molar-refractivity contribution is -0.130. The van der Waals surface area contributed by atoms with E-state index < -0.39 is 0 Å². The molecule has 2 amide bonds. The Kier molecular flexibility index (Phi) is 4.18. The van der Waals surface area contributed by atoms with Crippen LogP contribution in [0.2, 0.25) is 0 Å². The van der Waals surface area contributed by atoms with Crippen LogP contribution in [0.15, 0.2) is 22.8 Å². The molecular formula is C16H21N3O3. The monoisotopic (exact) mass is 303 g/mol. The predicted molar refractivity (Wildman–Crippen MR) is 82.6 cm³/mol. The highest BCUT2D eigenvalue weighted by Gasteiger charge is 2.19. The highest BCUT2D eigenvalue weighted by molar-refractivity contribution is 5.99. The third-order valence-corrected chi connectivity index (χ3v) is 4.26. The van der Waals surface area contributed by atoms with Crippen LogP contribution < -0.4 is 5.32 Å². The van der Waals surface area contributed by atoms with Gasteiger partial charge in [0.05, 0.1) is 18.3 Å². The van der Waals surface area contributed by atoms with E-state index in [0.29, 0.717) is 11.3 Å². The molecule has 0 aliphatic carbocycles. The van der Waals surface area contributed by atoms with Gasteiger partial charge in [0.1, 0.15) is 5.69 Å². The van der Waals surface area contributed by atoms with Gasteiger partial charge in [-0.2, -0.15) is 0 Å². The Hall–Kier alpha value is -2.24. The number of aryl methyl sites for hydroxylation is 1. The number of nitrogens with zero attached hydrogens (tertiary/aromatic N) is 2. The van der Waals surface area contributed by atoms with Gasteiger partial charge in [-0.1, -0.05) is 12.8 Å². The molecule has 2 aromatic rings. The quantitative estimate of drug-likeness (QED) is 0.941. The maximum atomic E-state index is 12.2. The Labute approximate surface area is 129 Å². The number of hydrogen-bond acceptors (Lipinski definition) is 3. The molecule has 3 rings (SSSR count). The van der Waals surface area contributed by atoms with Crippen LogP contribution in [0.25, 0.3) is 11.1 Å². The van der Waals surface area contributed by atoms with Crippen molar-refractivity contribution in [3.8, 4) is 0 Å². The van der Waals surface area contributed by atoms with Gasteiger partial charge in [0, 0.05) is 32.3 Å². The van der Waals surface area contributed by atoms with Crippen molar-refractivity contribution in [3.63, 3.8) is 0 Å². The second-order valence-corrected chi connectivity index (χ2v) is 5.74. The third-order valence-electron chi connectivity index (χ3n) is 4.26. The zero-order valence-electron chi connectivity index (χ0n) is 12.8. The van der Waals surface area contributed by atoms with E-state index in [1.165, 1.54) is 12.8 Å². The summed E-state index contributed by atoms with van der Waals surface area (Å²) in [5.74, 6) is -0.259. The van der Waals surface area contributed by atoms with Crippen LogP contribution in [0.5, 0.6) is 0 Å². The van der Waals surface area contributed by atoms with Crippen molar-refractivity contribution >= 4 is 22.9 Å². The highest BCUT2D eigenvalue weighted by Crippen LogP contribution is 2.19. The molecule has 118 valence electrons. The Balaban J connectivity index is 1.60. The van der Waals surface area contributed by atoms with E-state index in [0.717, 1.165) is 31.4 Å². The van der Waals surface area contributed by atoms with Crippen molar-refractivity contribution in [1.82, 2.24) is 14.8 Å². The summed E-state index contributed by atoms with van der Waals surface area (Å²) < 4.78 is 7.06. The number of rotatable bonds is 3. The van der Waals surface area contributed by atoms with E-state index in [-0.39, 0.29) is 18.4 Å². The number of likely N-dealkylation sites (tertiary alicyclic amines) is 1. The minimum Gasteiger partial charge on any atom is -0.463 e. The number of amides is 2. The van der Waals surface area contributed by atoms with E-state index in [9.17, 15) is 9.59 Å². The van der Waals surface area contributed by atoms with Gasteiger partial charge in [-0.05, 0) is 12.8 Å². The van der Waals surface area contributed by atoms with E-state index in [2.05, 4.69) is 5.32 Å². The lowest BCUT2D eigenvalue weighted by atomic mass is 10.2. The second-order valence-electron chi connectivity index (χ2n) is 5.74. The zero-order valence-corrected chi connectivity index (χ0v) is 12.8. The summed E-state index contributed by atoms with van der Waals surface area (Å²) >= 11 is 0. The average Bonchev–Trinajstić information content (AvgIpc) is 2.97. The molecule has 6 nitrogen and oxygen atoms in total. The molecule has 0 atom stereocenters. The molecule has 1 fully saturated rings. The number of fused-ring (bicyclic) bond motifs is 1. The van der Waals surface area contributed by atoms with Crippen molar-refractivity contribution in [3.05, 3.63) is 24.1 Å². The lowest BCUT2D eigenvalue weighted by Crippen LogP contribution is -2.41. The van der Waals surface area contributed by atoms with Crippen molar-refractivity contribution < 1.29 is 14.0 Å². The average molecular weight is 303 g/mol. The van der Waals surface area contributed by atoms with Crippen LogP contribution in [-0.2, 0) is 11.8 Å². The summed E-state index contributed by atoms with van der Waals surface area (Å²) in [6.07, 6.45) is 6.05. The molecule has 0 bridgehead atoms. The van der Waals surface area contributed by atoms with Crippen LogP contribution in [0.1, 0.15) is 36.2 Å². The van der Waals surface area contributed by atoms with Gasteiger partial charge in [-0.15, -0.1) is 0 Å². The van der Waals surface area contributed by atoms with Crippen molar-refractivity contribution in [2.75, 3.05) is 19.6 Å². The first-order valence-corrected chi connectivity index (χ1v) is 7.76. The van der Waals surface area contributed by atoms with Gasteiger partial charge in [0.15, 0.2) is 5.58 Å². The number of nitrogens with one attached hydrogen (secondary N) is 1. The second kappa shape index (κ2) is 6.25. The Bertz CT molecular complexity index is 678. The maximum absolute atomic E-state index is 12.2. The van der Waals surface area contributed by atoms with E-state index in [4.69, 9.17) is 4.42 Å². The van der Waals surface area contributed by atoms with E-state index >= 15 is 0 Å². The summed E-state index contributed by atoms with van der Waals surface area (Å²) in [6, 6.07) is 3.51. The SMILES string of the molecule is Cn1c(C(=O)NCC(=O)N2CCCCCC2)cc2occc21. The maximum Gasteiger partial charge on any atom is 0.268 e. The number of carbonyl (C=O) groups excluding carboxylic acids is 2. The number of furan rings is 1. The first-order valence-electron chi connectivity index (χ1n) is 7.76. The van der Waals surface area contributed by atoms with Gasteiger partial charge < -0.3 is 19.2 Å². The minimum atomic E-state index is -0.253. The van der Waals surface area contributed by atoms with Crippen molar-refractivity contribution in [2.45, 2.75) is 25.7 Å². The fourth-order valence-corrected chi connectivity index (χ4v) is 2.95. The normalized spacial score (nSPS) is 15.8. The molecular weight excluding hydrogens is 282 g/mol. The standard InChI is InChI=1S/C16H21N3O3/c1-18-12-6-9-22-14(12)10-13(18)16(21)17-11-15(20)19-7-4-2-3-5-8-19/h6,9-10H,2-5,7-8,11H2,1H3,(H,17,21). The van der Waals surface area contributed by atoms with Crippen molar-refractivity contribution in [1.29, 1.82) is 0 Å². The summed E-state index contributed by atoms with van der Waals surface area (Å²) in [6.45, 7) is 1.64. The molecule has 0 spiro atoms. The van der Waals surface area contributed by atoms with Gasteiger partial charge in [-0.25, -0.2) is 0 Å². The molecule has 0 aromatic carbocycles. The number of carbonyl (C=O) groups is 2. The predicted octanol–water partition coefficient (Wildman–Crippen LogP) is 1.90. The molecule has 1 aliphatic heterocycles. The van der Waals surface area contributed by atoms with Crippen LogP contribution in [0.4, 0.5) is 0 Å². The largest absolute Gasteiger partial charge is 0.463 e. The topological polar surface area (TPSA) is 67.5 Å². The van der Waals surface area contributed by atoms with E-state index in [1.54, 1.807) is 16.9 Å². The Morgan fingerprint density at radius 2 is 1.95 bits per heavy atom. The Morgan fingerprint density at radius 1 is 1.23 bits per heavy atom. The fourth-order valence-electron chi connectivity index (χ4n) is 2.95. The molecule has 22 heavy (non-hydrogen) atoms. The lowest BCUT2D eigenvalue weighted by Gasteiger charge is -2.20. The molecule has 1 N–H and O–H groups in total. The molecule has 2 aromatic heterocycles.